The van der Waals surface area contributed by atoms with Gasteiger partial charge < -0.3 is 4.74 Å². The van der Waals surface area contributed by atoms with Crippen molar-refractivity contribution >= 4 is 0 Å². The molecular weight excluding hydrogens is 136 g/mol. The second-order valence-corrected chi connectivity index (χ2v) is 2.86. The lowest BCUT2D eigenvalue weighted by Crippen LogP contribution is -1.91. The van der Waals surface area contributed by atoms with Gasteiger partial charge in [-0.25, -0.2) is 0 Å². The van der Waals surface area contributed by atoms with E-state index in [9.17, 15) is 0 Å². The molecule has 0 saturated carbocycles. The average Bonchev–Trinajstić information content (AvgIpc) is 1.98. The summed E-state index contributed by atoms with van der Waals surface area (Å²) in [5.41, 5.74) is 3.88. The van der Waals surface area contributed by atoms with Crippen LogP contribution in [0.25, 0.3) is 0 Å². The molecule has 0 N–H and O–H groups in total. The minimum absolute atomic E-state index is 0.716. The Balaban J connectivity index is 2.93. The van der Waals surface area contributed by atoms with E-state index in [-0.39, 0.29) is 0 Å². The number of methoxy groups -OCH3 is 1. The summed E-state index contributed by atoms with van der Waals surface area (Å²) in [6.45, 7) is 4.92. The van der Waals surface area contributed by atoms with Crippen LogP contribution in [0.3, 0.4) is 0 Å². The molecule has 0 aliphatic heterocycles. The molecule has 11 heavy (non-hydrogen) atoms. The molecule has 0 unspecified atom stereocenters. The third kappa shape index (κ3) is 2.05. The first-order chi connectivity index (χ1) is 5.24. The first-order valence-corrected chi connectivity index (χ1v) is 3.79. The Kier molecular flexibility index (Phi) is 2.66. The van der Waals surface area contributed by atoms with Crippen LogP contribution < -0.4 is 0 Å². The summed E-state index contributed by atoms with van der Waals surface area (Å²) in [5, 5.41) is 0. The Hall–Kier alpha value is -0.820. The standard InChI is InChI=1S/C10H14O/c1-8-4-5-9(2)10(6-8)7-11-3/h4-6H,7H2,1-3H3. The van der Waals surface area contributed by atoms with E-state index in [1.807, 2.05) is 0 Å². The monoisotopic (exact) mass is 150 g/mol. The predicted molar refractivity (Wildman–Crippen MR) is 46.6 cm³/mol. The molecule has 0 aromatic heterocycles. The van der Waals surface area contributed by atoms with Gasteiger partial charge in [0.25, 0.3) is 0 Å². The van der Waals surface area contributed by atoms with E-state index in [0.29, 0.717) is 6.61 Å². The molecule has 0 radical (unpaired) electrons. The zero-order valence-corrected chi connectivity index (χ0v) is 7.35. The van der Waals surface area contributed by atoms with Crippen molar-refractivity contribution in [1.29, 1.82) is 0 Å². The first-order valence-electron chi connectivity index (χ1n) is 3.79. The van der Waals surface area contributed by atoms with Gasteiger partial charge in [0.15, 0.2) is 0 Å². The third-order valence-electron chi connectivity index (χ3n) is 1.80. The van der Waals surface area contributed by atoms with Crippen LogP contribution in [0.15, 0.2) is 18.2 Å². The molecule has 0 fully saturated rings. The highest BCUT2D eigenvalue weighted by Crippen LogP contribution is 2.10. The van der Waals surface area contributed by atoms with Crippen molar-refractivity contribution in [3.05, 3.63) is 34.9 Å². The van der Waals surface area contributed by atoms with E-state index in [1.165, 1.54) is 16.7 Å². The van der Waals surface area contributed by atoms with Gasteiger partial charge in [-0.15, -0.1) is 0 Å². The van der Waals surface area contributed by atoms with Gasteiger partial charge in [-0.2, -0.15) is 0 Å². The summed E-state index contributed by atoms with van der Waals surface area (Å²) in [7, 11) is 1.72. The molecule has 1 aromatic rings. The van der Waals surface area contributed by atoms with Gasteiger partial charge in [-0.3, -0.25) is 0 Å². The number of aryl methyl sites for hydroxylation is 2. The Morgan fingerprint density at radius 2 is 2.00 bits per heavy atom. The minimum atomic E-state index is 0.716. The molecule has 0 aliphatic rings. The highest BCUT2D eigenvalue weighted by atomic mass is 16.5. The van der Waals surface area contributed by atoms with E-state index in [0.717, 1.165) is 0 Å². The van der Waals surface area contributed by atoms with Gasteiger partial charge in [0.05, 0.1) is 6.61 Å². The molecule has 60 valence electrons. The Labute approximate surface area is 68.0 Å². The SMILES string of the molecule is COCc1cc(C)ccc1C. The molecule has 0 atom stereocenters. The molecule has 0 saturated heterocycles. The highest BCUT2D eigenvalue weighted by Gasteiger charge is 1.96. The van der Waals surface area contributed by atoms with Crippen molar-refractivity contribution in [3.63, 3.8) is 0 Å². The maximum absolute atomic E-state index is 5.06. The van der Waals surface area contributed by atoms with E-state index < -0.39 is 0 Å². The molecule has 0 bridgehead atoms. The number of benzene rings is 1. The zero-order valence-electron chi connectivity index (χ0n) is 7.35. The number of rotatable bonds is 2. The third-order valence-corrected chi connectivity index (χ3v) is 1.80. The smallest absolute Gasteiger partial charge is 0.0715 e. The fraction of sp³-hybridized carbons (Fsp3) is 0.400. The maximum atomic E-state index is 5.06. The van der Waals surface area contributed by atoms with Crippen LogP contribution in [0.5, 0.6) is 0 Å². The largest absolute Gasteiger partial charge is 0.380 e. The second kappa shape index (κ2) is 3.54. The van der Waals surface area contributed by atoms with Crippen molar-refractivity contribution in [2.45, 2.75) is 20.5 Å². The predicted octanol–water partition coefficient (Wildman–Crippen LogP) is 2.45. The van der Waals surface area contributed by atoms with Crippen LogP contribution in [0.1, 0.15) is 16.7 Å². The molecule has 1 nitrogen and oxygen atoms in total. The van der Waals surface area contributed by atoms with Crippen LogP contribution >= 0.6 is 0 Å². The number of hydrogen-bond acceptors (Lipinski definition) is 1. The van der Waals surface area contributed by atoms with Gasteiger partial charge in [0.1, 0.15) is 0 Å². The molecule has 0 spiro atoms. The lowest BCUT2D eigenvalue weighted by atomic mass is 10.1. The molecule has 0 amide bonds. The normalized spacial score (nSPS) is 10.1. The van der Waals surface area contributed by atoms with E-state index in [4.69, 9.17) is 4.74 Å². The van der Waals surface area contributed by atoms with E-state index >= 15 is 0 Å². The lowest BCUT2D eigenvalue weighted by Gasteiger charge is -2.04. The van der Waals surface area contributed by atoms with Crippen LogP contribution in [-0.4, -0.2) is 7.11 Å². The fourth-order valence-electron chi connectivity index (χ4n) is 1.11. The van der Waals surface area contributed by atoms with Gasteiger partial charge in [-0.1, -0.05) is 23.8 Å². The zero-order chi connectivity index (χ0) is 8.27. The van der Waals surface area contributed by atoms with Crippen molar-refractivity contribution in [3.8, 4) is 0 Å². The summed E-state index contributed by atoms with van der Waals surface area (Å²) >= 11 is 0. The summed E-state index contributed by atoms with van der Waals surface area (Å²) in [5.74, 6) is 0. The summed E-state index contributed by atoms with van der Waals surface area (Å²) in [6.07, 6.45) is 0. The van der Waals surface area contributed by atoms with E-state index in [2.05, 4.69) is 32.0 Å². The maximum Gasteiger partial charge on any atom is 0.0715 e. The quantitative estimate of drug-likeness (QED) is 0.629. The Morgan fingerprint density at radius 1 is 1.27 bits per heavy atom. The van der Waals surface area contributed by atoms with Gasteiger partial charge >= 0.3 is 0 Å². The number of hydrogen-bond donors (Lipinski definition) is 0. The molecular formula is C10H14O. The van der Waals surface area contributed by atoms with Crippen molar-refractivity contribution in [1.82, 2.24) is 0 Å². The summed E-state index contributed by atoms with van der Waals surface area (Å²) in [4.78, 5) is 0. The highest BCUT2D eigenvalue weighted by molar-refractivity contribution is 5.29. The van der Waals surface area contributed by atoms with Gasteiger partial charge in [0, 0.05) is 7.11 Å². The van der Waals surface area contributed by atoms with Crippen molar-refractivity contribution < 1.29 is 4.74 Å². The topological polar surface area (TPSA) is 9.23 Å². The second-order valence-electron chi connectivity index (χ2n) is 2.86. The van der Waals surface area contributed by atoms with Gasteiger partial charge in [-0.05, 0) is 25.0 Å². The summed E-state index contributed by atoms with van der Waals surface area (Å²) < 4.78 is 5.06. The van der Waals surface area contributed by atoms with Crippen LogP contribution in [0.2, 0.25) is 0 Å². The van der Waals surface area contributed by atoms with Crippen LogP contribution in [0.4, 0.5) is 0 Å². The summed E-state index contributed by atoms with van der Waals surface area (Å²) in [6, 6.07) is 6.41. The molecule has 0 aliphatic carbocycles. The molecule has 1 rings (SSSR count). The molecule has 1 heteroatoms. The average molecular weight is 150 g/mol. The minimum Gasteiger partial charge on any atom is -0.380 e. The van der Waals surface area contributed by atoms with Gasteiger partial charge in [0.2, 0.25) is 0 Å². The first kappa shape index (κ1) is 8.28. The van der Waals surface area contributed by atoms with Crippen molar-refractivity contribution in [2.24, 2.45) is 0 Å². The van der Waals surface area contributed by atoms with Crippen LogP contribution in [0, 0.1) is 13.8 Å². The van der Waals surface area contributed by atoms with Crippen molar-refractivity contribution in [2.75, 3.05) is 7.11 Å². The van der Waals surface area contributed by atoms with Crippen LogP contribution in [-0.2, 0) is 11.3 Å². The van der Waals surface area contributed by atoms with E-state index in [1.54, 1.807) is 7.11 Å². The Morgan fingerprint density at radius 3 is 2.64 bits per heavy atom. The molecule has 1 aromatic carbocycles. The fourth-order valence-corrected chi connectivity index (χ4v) is 1.11. The number of ether oxygens (including phenoxy) is 1. The molecule has 0 heterocycles. The lowest BCUT2D eigenvalue weighted by molar-refractivity contribution is 0.184. The Bertz CT molecular complexity index is 241.